The van der Waals surface area contributed by atoms with Gasteiger partial charge in [-0.15, -0.1) is 0 Å². The zero-order chi connectivity index (χ0) is 13.4. The number of carbonyl (C=O) groups is 1. The second-order valence-corrected chi connectivity index (χ2v) is 4.88. The lowest BCUT2D eigenvalue weighted by atomic mass is 9.93. The fourth-order valence-electron chi connectivity index (χ4n) is 2.31. The quantitative estimate of drug-likeness (QED) is 0.745. The van der Waals surface area contributed by atoms with Gasteiger partial charge in [-0.2, -0.15) is 5.26 Å². The van der Waals surface area contributed by atoms with E-state index in [0.29, 0.717) is 12.5 Å². The average molecular weight is 254 g/mol. The summed E-state index contributed by atoms with van der Waals surface area (Å²) < 4.78 is 5.33. The molecule has 0 saturated carbocycles. The fourth-order valence-corrected chi connectivity index (χ4v) is 2.31. The molecule has 0 aliphatic carbocycles. The number of likely N-dealkylation sites (tertiary alicyclic amines) is 1. The van der Waals surface area contributed by atoms with Gasteiger partial charge in [0.05, 0.1) is 12.7 Å². The van der Waals surface area contributed by atoms with E-state index in [1.807, 2.05) is 6.07 Å². The number of carboxylic acid groups (broad SMARTS) is 1. The Morgan fingerprint density at radius 2 is 2.44 bits per heavy atom. The summed E-state index contributed by atoms with van der Waals surface area (Å²) in [5.74, 6) is -0.221. The first-order valence-corrected chi connectivity index (χ1v) is 6.57. The smallest absolute Gasteiger partial charge is 0.303 e. The Kier molecular flexibility index (Phi) is 6.69. The van der Waals surface area contributed by atoms with Gasteiger partial charge in [0.25, 0.3) is 0 Å². The number of carboxylic acids is 1. The molecule has 0 amide bonds. The molecule has 0 aromatic carbocycles. The summed E-state index contributed by atoms with van der Waals surface area (Å²) in [6.07, 6.45) is 2.93. The van der Waals surface area contributed by atoms with Crippen molar-refractivity contribution in [3.63, 3.8) is 0 Å². The third kappa shape index (κ3) is 5.99. The van der Waals surface area contributed by atoms with Crippen LogP contribution in [0.5, 0.6) is 0 Å². The standard InChI is InChI=1S/C13H22N2O3/c1-11(9-14)18-8-7-15-6-2-3-12(10-15)4-5-13(16)17/h11-12H,2-8,10H2,1H3,(H,16,17). The molecule has 0 spiro atoms. The Labute approximate surface area is 108 Å². The van der Waals surface area contributed by atoms with E-state index in [1.165, 1.54) is 0 Å². The zero-order valence-corrected chi connectivity index (χ0v) is 11.0. The lowest BCUT2D eigenvalue weighted by molar-refractivity contribution is -0.137. The number of hydrogen-bond donors (Lipinski definition) is 1. The number of piperidine rings is 1. The highest BCUT2D eigenvalue weighted by Gasteiger charge is 2.20. The van der Waals surface area contributed by atoms with E-state index in [2.05, 4.69) is 4.90 Å². The fraction of sp³-hybridized carbons (Fsp3) is 0.846. The van der Waals surface area contributed by atoms with Gasteiger partial charge in [0, 0.05) is 19.5 Å². The molecular formula is C13H22N2O3. The summed E-state index contributed by atoms with van der Waals surface area (Å²) in [6.45, 7) is 5.15. The van der Waals surface area contributed by atoms with E-state index in [1.54, 1.807) is 6.92 Å². The minimum absolute atomic E-state index is 0.264. The Balaban J connectivity index is 2.18. The second-order valence-electron chi connectivity index (χ2n) is 4.88. The summed E-state index contributed by atoms with van der Waals surface area (Å²) in [5, 5.41) is 17.3. The second kappa shape index (κ2) is 8.06. The molecule has 1 rings (SSSR count). The van der Waals surface area contributed by atoms with Crippen molar-refractivity contribution in [3.8, 4) is 6.07 Å². The van der Waals surface area contributed by atoms with Gasteiger partial charge in [-0.25, -0.2) is 0 Å². The summed E-state index contributed by atoms with van der Waals surface area (Å²) in [6, 6.07) is 2.04. The number of rotatable bonds is 7. The number of aliphatic carboxylic acids is 1. The van der Waals surface area contributed by atoms with Crippen molar-refractivity contribution in [2.24, 2.45) is 5.92 Å². The largest absolute Gasteiger partial charge is 0.481 e. The lowest BCUT2D eigenvalue weighted by Crippen LogP contribution is -2.38. The van der Waals surface area contributed by atoms with E-state index >= 15 is 0 Å². The summed E-state index contributed by atoms with van der Waals surface area (Å²) in [7, 11) is 0. The van der Waals surface area contributed by atoms with Crippen LogP contribution in [0, 0.1) is 17.2 Å². The van der Waals surface area contributed by atoms with Crippen molar-refractivity contribution in [2.45, 2.75) is 38.7 Å². The highest BCUT2D eigenvalue weighted by molar-refractivity contribution is 5.66. The maximum absolute atomic E-state index is 10.5. The van der Waals surface area contributed by atoms with Crippen LogP contribution in [-0.4, -0.2) is 48.3 Å². The third-order valence-corrected chi connectivity index (χ3v) is 3.33. The topological polar surface area (TPSA) is 73.6 Å². The van der Waals surface area contributed by atoms with Crippen LogP contribution >= 0.6 is 0 Å². The normalized spacial score (nSPS) is 22.3. The van der Waals surface area contributed by atoms with Gasteiger partial charge in [-0.1, -0.05) is 0 Å². The van der Waals surface area contributed by atoms with Crippen LogP contribution in [-0.2, 0) is 9.53 Å². The van der Waals surface area contributed by atoms with Crippen molar-refractivity contribution in [2.75, 3.05) is 26.2 Å². The van der Waals surface area contributed by atoms with Crippen molar-refractivity contribution < 1.29 is 14.6 Å². The summed E-state index contributed by atoms with van der Waals surface area (Å²) >= 11 is 0. The number of nitrogens with zero attached hydrogens (tertiary/aromatic N) is 2. The van der Waals surface area contributed by atoms with E-state index in [-0.39, 0.29) is 12.5 Å². The zero-order valence-electron chi connectivity index (χ0n) is 11.0. The van der Waals surface area contributed by atoms with Crippen LogP contribution in [0.3, 0.4) is 0 Å². The minimum Gasteiger partial charge on any atom is -0.481 e. The lowest BCUT2D eigenvalue weighted by Gasteiger charge is -2.32. The molecule has 1 aliphatic heterocycles. The van der Waals surface area contributed by atoms with E-state index < -0.39 is 5.97 Å². The molecule has 2 atom stereocenters. The van der Waals surface area contributed by atoms with Crippen molar-refractivity contribution in [3.05, 3.63) is 0 Å². The molecule has 0 radical (unpaired) electrons. The first-order chi connectivity index (χ1) is 8.61. The van der Waals surface area contributed by atoms with Crippen LogP contribution < -0.4 is 0 Å². The monoisotopic (exact) mass is 254 g/mol. The van der Waals surface area contributed by atoms with Gasteiger partial charge in [0.1, 0.15) is 6.10 Å². The predicted molar refractivity (Wildman–Crippen MR) is 67.1 cm³/mol. The highest BCUT2D eigenvalue weighted by atomic mass is 16.5. The summed E-state index contributed by atoms with van der Waals surface area (Å²) in [4.78, 5) is 12.8. The van der Waals surface area contributed by atoms with Crippen molar-refractivity contribution in [1.82, 2.24) is 4.90 Å². The van der Waals surface area contributed by atoms with E-state index in [9.17, 15) is 4.79 Å². The summed E-state index contributed by atoms with van der Waals surface area (Å²) in [5.41, 5.74) is 0. The van der Waals surface area contributed by atoms with Gasteiger partial charge >= 0.3 is 5.97 Å². The molecular weight excluding hydrogens is 232 g/mol. The first-order valence-electron chi connectivity index (χ1n) is 6.57. The maximum Gasteiger partial charge on any atom is 0.303 e. The van der Waals surface area contributed by atoms with Crippen LogP contribution in [0.25, 0.3) is 0 Å². The van der Waals surface area contributed by atoms with Gasteiger partial charge in [-0.05, 0) is 38.6 Å². The van der Waals surface area contributed by atoms with Crippen LogP contribution in [0.15, 0.2) is 0 Å². The number of hydrogen-bond acceptors (Lipinski definition) is 4. The molecule has 1 saturated heterocycles. The molecule has 5 heteroatoms. The molecule has 1 heterocycles. The molecule has 0 aromatic rings. The predicted octanol–water partition coefficient (Wildman–Crippen LogP) is 1.49. The highest BCUT2D eigenvalue weighted by Crippen LogP contribution is 2.20. The molecule has 0 aromatic heterocycles. The van der Waals surface area contributed by atoms with Gasteiger partial charge in [0.15, 0.2) is 0 Å². The number of nitriles is 1. The molecule has 1 aliphatic rings. The van der Waals surface area contributed by atoms with Gasteiger partial charge < -0.3 is 14.7 Å². The Bertz CT molecular complexity index is 301. The number of ether oxygens (including phenoxy) is 1. The Morgan fingerprint density at radius 3 is 3.11 bits per heavy atom. The third-order valence-electron chi connectivity index (χ3n) is 3.33. The molecule has 18 heavy (non-hydrogen) atoms. The first kappa shape index (κ1) is 14.9. The van der Waals surface area contributed by atoms with E-state index in [0.717, 1.165) is 38.9 Å². The molecule has 0 bridgehead atoms. The van der Waals surface area contributed by atoms with Crippen LogP contribution in [0.2, 0.25) is 0 Å². The average Bonchev–Trinajstić information content (AvgIpc) is 2.36. The van der Waals surface area contributed by atoms with Crippen LogP contribution in [0.1, 0.15) is 32.6 Å². The molecule has 102 valence electrons. The molecule has 1 fully saturated rings. The maximum atomic E-state index is 10.5. The van der Waals surface area contributed by atoms with Crippen molar-refractivity contribution in [1.29, 1.82) is 5.26 Å². The molecule has 2 unspecified atom stereocenters. The Hall–Kier alpha value is -1.12. The minimum atomic E-state index is -0.710. The van der Waals surface area contributed by atoms with Crippen LogP contribution in [0.4, 0.5) is 0 Å². The Morgan fingerprint density at radius 1 is 1.67 bits per heavy atom. The van der Waals surface area contributed by atoms with Crippen molar-refractivity contribution >= 4 is 5.97 Å². The molecule has 1 N–H and O–H groups in total. The van der Waals surface area contributed by atoms with Gasteiger partial charge in [0.2, 0.25) is 0 Å². The SMILES string of the molecule is CC(C#N)OCCN1CCCC(CCC(=O)O)C1. The van der Waals surface area contributed by atoms with Gasteiger partial charge in [-0.3, -0.25) is 4.79 Å². The molecule has 5 nitrogen and oxygen atoms in total. The van der Waals surface area contributed by atoms with E-state index in [4.69, 9.17) is 15.1 Å².